The molecule has 0 spiro atoms. The zero-order valence-corrected chi connectivity index (χ0v) is 16.0. The standard InChI is InChI=1S/C18H29N3O3S/c1-20(15-16-9-4-3-5-10-16)13-8-12-19-18(22)17-11-6-7-14-21(17)25(2,23)24/h3-5,9-10,17H,6-8,11-15H2,1-2H3,(H,19,22). The Hall–Kier alpha value is -1.44. The lowest BCUT2D eigenvalue weighted by Gasteiger charge is -2.32. The largest absolute Gasteiger partial charge is 0.355 e. The van der Waals surface area contributed by atoms with Crippen molar-refractivity contribution in [2.45, 2.75) is 38.3 Å². The van der Waals surface area contributed by atoms with Gasteiger partial charge in [-0.15, -0.1) is 0 Å². The second-order valence-electron chi connectivity index (χ2n) is 6.75. The van der Waals surface area contributed by atoms with E-state index in [1.807, 2.05) is 18.2 Å². The highest BCUT2D eigenvalue weighted by Crippen LogP contribution is 2.19. The second kappa shape index (κ2) is 9.31. The smallest absolute Gasteiger partial charge is 0.238 e. The molecule has 1 aliphatic rings. The summed E-state index contributed by atoms with van der Waals surface area (Å²) in [5.41, 5.74) is 1.26. The fraction of sp³-hybridized carbons (Fsp3) is 0.611. The van der Waals surface area contributed by atoms with Gasteiger partial charge in [0, 0.05) is 19.6 Å². The van der Waals surface area contributed by atoms with E-state index < -0.39 is 16.1 Å². The van der Waals surface area contributed by atoms with E-state index in [0.29, 0.717) is 19.5 Å². The van der Waals surface area contributed by atoms with Crippen LogP contribution in [0.25, 0.3) is 0 Å². The normalized spacial score (nSPS) is 19.1. The lowest BCUT2D eigenvalue weighted by Crippen LogP contribution is -2.51. The van der Waals surface area contributed by atoms with Crippen molar-refractivity contribution in [1.82, 2.24) is 14.5 Å². The minimum absolute atomic E-state index is 0.171. The molecule has 1 unspecified atom stereocenters. The monoisotopic (exact) mass is 367 g/mol. The molecule has 0 aromatic heterocycles. The first-order valence-electron chi connectivity index (χ1n) is 8.85. The number of nitrogens with one attached hydrogen (secondary N) is 1. The van der Waals surface area contributed by atoms with E-state index >= 15 is 0 Å². The Morgan fingerprint density at radius 2 is 2.00 bits per heavy atom. The lowest BCUT2D eigenvalue weighted by atomic mass is 10.0. The first-order chi connectivity index (χ1) is 11.9. The first kappa shape index (κ1) is 19.9. The number of nitrogens with zero attached hydrogens (tertiary/aromatic N) is 2. The summed E-state index contributed by atoms with van der Waals surface area (Å²) >= 11 is 0. The van der Waals surface area contributed by atoms with Crippen LogP contribution in [0.1, 0.15) is 31.2 Å². The lowest BCUT2D eigenvalue weighted by molar-refractivity contribution is -0.125. The van der Waals surface area contributed by atoms with E-state index in [2.05, 4.69) is 29.4 Å². The Balaban J connectivity index is 1.72. The Kier molecular flexibility index (Phi) is 7.40. The number of rotatable bonds is 8. The van der Waals surface area contributed by atoms with Gasteiger partial charge in [-0.2, -0.15) is 4.31 Å². The average Bonchev–Trinajstić information content (AvgIpc) is 2.58. The number of carbonyl (C=O) groups excluding carboxylic acids is 1. The molecule has 1 aliphatic heterocycles. The molecule has 1 atom stereocenters. The molecule has 140 valence electrons. The summed E-state index contributed by atoms with van der Waals surface area (Å²) < 4.78 is 25.0. The highest BCUT2D eigenvalue weighted by atomic mass is 32.2. The third kappa shape index (κ3) is 6.41. The minimum atomic E-state index is -3.33. The zero-order valence-electron chi connectivity index (χ0n) is 15.1. The van der Waals surface area contributed by atoms with Crippen LogP contribution in [0.3, 0.4) is 0 Å². The van der Waals surface area contributed by atoms with Crippen LogP contribution in [0, 0.1) is 0 Å². The average molecular weight is 368 g/mol. The maximum Gasteiger partial charge on any atom is 0.238 e. The molecule has 1 saturated heterocycles. The topological polar surface area (TPSA) is 69.7 Å². The Morgan fingerprint density at radius 1 is 1.28 bits per heavy atom. The number of benzene rings is 1. The van der Waals surface area contributed by atoms with Gasteiger partial charge < -0.3 is 10.2 Å². The summed E-state index contributed by atoms with van der Waals surface area (Å²) in [5.74, 6) is -0.171. The molecular formula is C18H29N3O3S. The first-order valence-corrected chi connectivity index (χ1v) is 10.7. The predicted octanol–water partition coefficient (Wildman–Crippen LogP) is 1.44. The molecule has 7 heteroatoms. The number of sulfonamides is 1. The van der Waals surface area contributed by atoms with Crippen LogP contribution in [-0.4, -0.2) is 62.5 Å². The predicted molar refractivity (Wildman–Crippen MR) is 99.6 cm³/mol. The molecule has 0 bridgehead atoms. The van der Waals surface area contributed by atoms with Crippen molar-refractivity contribution in [2.75, 3.05) is 32.9 Å². The summed E-state index contributed by atoms with van der Waals surface area (Å²) in [5, 5.41) is 2.90. The van der Waals surface area contributed by atoms with Crippen LogP contribution in [0.5, 0.6) is 0 Å². The molecule has 1 heterocycles. The summed E-state index contributed by atoms with van der Waals surface area (Å²) in [4.78, 5) is 14.6. The highest BCUT2D eigenvalue weighted by Gasteiger charge is 2.34. The maximum atomic E-state index is 12.4. The van der Waals surface area contributed by atoms with Crippen LogP contribution in [-0.2, 0) is 21.4 Å². The van der Waals surface area contributed by atoms with Gasteiger partial charge in [0.05, 0.1) is 6.26 Å². The van der Waals surface area contributed by atoms with E-state index in [-0.39, 0.29) is 5.91 Å². The Labute approximate surface area is 151 Å². The summed E-state index contributed by atoms with van der Waals surface area (Å²) in [6.45, 7) is 2.75. The molecule has 0 aliphatic carbocycles. The van der Waals surface area contributed by atoms with E-state index in [1.165, 1.54) is 16.1 Å². The van der Waals surface area contributed by atoms with Crippen LogP contribution >= 0.6 is 0 Å². The Bertz CT molecular complexity index is 649. The number of amides is 1. The molecule has 1 amide bonds. The van der Waals surface area contributed by atoms with Crippen LogP contribution in [0.4, 0.5) is 0 Å². The quantitative estimate of drug-likeness (QED) is 0.706. The zero-order chi connectivity index (χ0) is 18.3. The van der Waals surface area contributed by atoms with Crippen molar-refractivity contribution in [3.8, 4) is 0 Å². The van der Waals surface area contributed by atoms with Gasteiger partial charge in [-0.3, -0.25) is 4.79 Å². The van der Waals surface area contributed by atoms with Gasteiger partial charge in [0.1, 0.15) is 6.04 Å². The third-order valence-electron chi connectivity index (χ3n) is 4.49. The third-order valence-corrected chi connectivity index (χ3v) is 5.78. The van der Waals surface area contributed by atoms with Gasteiger partial charge in [-0.05, 0) is 38.4 Å². The number of piperidine rings is 1. The molecule has 1 fully saturated rings. The van der Waals surface area contributed by atoms with Crippen LogP contribution in [0.15, 0.2) is 30.3 Å². The van der Waals surface area contributed by atoms with Gasteiger partial charge >= 0.3 is 0 Å². The van der Waals surface area contributed by atoms with E-state index in [0.717, 1.165) is 32.4 Å². The van der Waals surface area contributed by atoms with Crippen molar-refractivity contribution in [1.29, 1.82) is 0 Å². The minimum Gasteiger partial charge on any atom is -0.355 e. The molecule has 2 rings (SSSR count). The van der Waals surface area contributed by atoms with E-state index in [9.17, 15) is 13.2 Å². The molecule has 25 heavy (non-hydrogen) atoms. The van der Waals surface area contributed by atoms with Crippen molar-refractivity contribution in [2.24, 2.45) is 0 Å². The molecule has 1 aromatic carbocycles. The summed E-state index contributed by atoms with van der Waals surface area (Å²) in [7, 11) is -1.28. The number of hydrogen-bond acceptors (Lipinski definition) is 4. The molecular weight excluding hydrogens is 338 g/mol. The number of carbonyl (C=O) groups is 1. The molecule has 6 nitrogen and oxygen atoms in total. The van der Waals surface area contributed by atoms with Gasteiger partial charge in [-0.1, -0.05) is 36.8 Å². The fourth-order valence-electron chi connectivity index (χ4n) is 3.22. The summed E-state index contributed by atoms with van der Waals surface area (Å²) in [6, 6.07) is 9.71. The maximum absolute atomic E-state index is 12.4. The van der Waals surface area contributed by atoms with Crippen molar-refractivity contribution >= 4 is 15.9 Å². The molecule has 0 radical (unpaired) electrons. The summed E-state index contributed by atoms with van der Waals surface area (Å²) in [6.07, 6.45) is 4.33. The van der Waals surface area contributed by atoms with Gasteiger partial charge in [-0.25, -0.2) is 8.42 Å². The number of hydrogen-bond donors (Lipinski definition) is 1. The second-order valence-corrected chi connectivity index (χ2v) is 8.69. The highest BCUT2D eigenvalue weighted by molar-refractivity contribution is 7.88. The molecule has 1 N–H and O–H groups in total. The fourth-order valence-corrected chi connectivity index (χ4v) is 4.34. The van der Waals surface area contributed by atoms with Gasteiger partial charge in [0.15, 0.2) is 0 Å². The molecule has 1 aromatic rings. The SMILES string of the molecule is CN(CCCNC(=O)C1CCCCN1S(C)(=O)=O)Cc1ccccc1. The van der Waals surface area contributed by atoms with Gasteiger partial charge in [0.25, 0.3) is 0 Å². The Morgan fingerprint density at radius 3 is 2.68 bits per heavy atom. The van der Waals surface area contributed by atoms with Crippen molar-refractivity contribution in [3.63, 3.8) is 0 Å². The van der Waals surface area contributed by atoms with E-state index in [4.69, 9.17) is 0 Å². The van der Waals surface area contributed by atoms with Gasteiger partial charge in [0.2, 0.25) is 15.9 Å². The van der Waals surface area contributed by atoms with Crippen LogP contribution < -0.4 is 5.32 Å². The van der Waals surface area contributed by atoms with Crippen LogP contribution in [0.2, 0.25) is 0 Å². The van der Waals surface area contributed by atoms with E-state index in [1.54, 1.807) is 0 Å². The van der Waals surface area contributed by atoms with Crippen molar-refractivity contribution < 1.29 is 13.2 Å². The molecule has 0 saturated carbocycles. The van der Waals surface area contributed by atoms with Crippen molar-refractivity contribution in [3.05, 3.63) is 35.9 Å².